The number of hydrogen-bond donors (Lipinski definition) is 4. The maximum atomic E-state index is 14.2. The summed E-state index contributed by atoms with van der Waals surface area (Å²) in [6.45, 7) is 2.74. The number of phenols is 1. The Morgan fingerprint density at radius 1 is 0.984 bits per heavy atom. The minimum Gasteiger partial charge on any atom is -0.504 e. The Morgan fingerprint density at radius 3 is 2.61 bits per heavy atom. The van der Waals surface area contributed by atoms with Gasteiger partial charge in [-0.25, -0.2) is 0 Å². The number of benzene rings is 2. The van der Waals surface area contributed by atoms with Crippen LogP contribution in [0.2, 0.25) is 0 Å². The first-order valence-electron chi connectivity index (χ1n) is 23.8. The molecule has 4 fully saturated rings. The van der Waals surface area contributed by atoms with Crippen molar-refractivity contribution in [2.24, 2.45) is 27.5 Å². The van der Waals surface area contributed by atoms with E-state index in [0.717, 1.165) is 74.7 Å². The Labute approximate surface area is 377 Å². The molecule has 4 bridgehead atoms. The standard InChI is InChI=1S/C50H70N4O6S2/c1-35(55)59-41-20-18-38-29-39(45(58)46-42(38)21-19-37-15-11-17-43(37)60-46)33-54-34-48(32-44(54)57,31-36-13-5-4-6-14-36)26-27-52-47(51)53-50(25-12-24-49(50)22-8-9-23-49)62-61-28-10-3-2-7-16-40(56)30-41/h4-6,13-14,19,21,29,37,40-41,43,56,58H,2-3,7-12,15-18,20,22-28,30-34H2,1H3,(H3,51,52,53). The molecular weight excluding hydrogens is 817 g/mol. The first-order chi connectivity index (χ1) is 30.0. The minimum absolute atomic E-state index is 0.0153. The number of aliphatic hydroxyl groups is 1. The van der Waals surface area contributed by atoms with Gasteiger partial charge >= 0.3 is 5.97 Å². The van der Waals surface area contributed by atoms with Crippen molar-refractivity contribution in [3.05, 3.63) is 64.7 Å². The van der Waals surface area contributed by atoms with E-state index in [2.05, 4.69) is 41.7 Å². The van der Waals surface area contributed by atoms with Crippen LogP contribution >= 0.6 is 21.6 Å². The molecule has 2 aromatic carbocycles. The quantitative estimate of drug-likeness (QED) is 0.174. The number of nitrogens with one attached hydrogen (secondary N) is 1. The van der Waals surface area contributed by atoms with Crippen LogP contribution in [0.15, 0.2) is 47.5 Å². The predicted octanol–water partition coefficient (Wildman–Crippen LogP) is 9.62. The van der Waals surface area contributed by atoms with Crippen LogP contribution in [0.3, 0.4) is 0 Å². The number of carbonyl (C=O) groups is 2. The van der Waals surface area contributed by atoms with E-state index in [1.165, 1.54) is 51.0 Å². The molecule has 5 N–H and O–H groups in total. The number of phenolic OH excluding ortho intramolecular Hbond substituents is 1. The molecule has 10 nitrogen and oxygen atoms in total. The molecule has 12 heteroatoms. The SMILES string of the molecule is CC(=O)OC1CCc2cc(c(O)c3c2C=CC2CCCC2O3)CN2CC(Cc3ccccc3)(CCN=C(N)NC3(CCCC34CCCC4)SSCCCCCCC(O)C1)CC2=O. The maximum absolute atomic E-state index is 14.2. The van der Waals surface area contributed by atoms with Crippen LogP contribution in [0.5, 0.6) is 11.5 Å². The lowest BCUT2D eigenvalue weighted by molar-refractivity contribution is -0.148. The van der Waals surface area contributed by atoms with Gasteiger partial charge in [-0.05, 0) is 107 Å². The second kappa shape index (κ2) is 20.2. The van der Waals surface area contributed by atoms with E-state index >= 15 is 0 Å². The number of fused-ring (bicyclic) bond motifs is 8. The van der Waals surface area contributed by atoms with E-state index in [1.807, 2.05) is 38.6 Å². The molecule has 1 saturated heterocycles. The third kappa shape index (κ3) is 10.4. The van der Waals surface area contributed by atoms with E-state index in [-0.39, 0.29) is 51.9 Å². The van der Waals surface area contributed by atoms with Crippen molar-refractivity contribution in [2.45, 2.75) is 171 Å². The predicted molar refractivity (Wildman–Crippen MR) is 251 cm³/mol. The molecule has 3 aliphatic heterocycles. The molecule has 3 saturated carbocycles. The van der Waals surface area contributed by atoms with Crippen LogP contribution in [0.4, 0.5) is 0 Å². The highest BCUT2D eigenvalue weighted by Crippen LogP contribution is 2.63. The van der Waals surface area contributed by atoms with Crippen molar-refractivity contribution in [3.63, 3.8) is 0 Å². The normalized spacial score (nSPS) is 31.2. The number of amides is 1. The molecule has 2 spiro atoms. The zero-order chi connectivity index (χ0) is 43.2. The molecule has 6 atom stereocenters. The van der Waals surface area contributed by atoms with Crippen LogP contribution in [-0.2, 0) is 33.7 Å². The summed E-state index contributed by atoms with van der Waals surface area (Å²) in [6.07, 6.45) is 23.0. The van der Waals surface area contributed by atoms with Crippen molar-refractivity contribution in [3.8, 4) is 11.5 Å². The van der Waals surface area contributed by atoms with Crippen molar-refractivity contribution in [1.82, 2.24) is 10.2 Å². The fraction of sp³-hybridized carbons (Fsp3) is 0.660. The zero-order valence-corrected chi connectivity index (χ0v) is 38.6. The van der Waals surface area contributed by atoms with Crippen LogP contribution in [0.25, 0.3) is 6.08 Å². The number of aliphatic imine (C=N–C) groups is 1. The largest absolute Gasteiger partial charge is 0.504 e. The Kier molecular flexibility index (Phi) is 14.8. The number of ether oxygens (including phenoxy) is 2. The first-order valence-corrected chi connectivity index (χ1v) is 26.2. The fourth-order valence-electron chi connectivity index (χ4n) is 11.9. The number of aromatic hydroxyl groups is 1. The maximum Gasteiger partial charge on any atom is 0.302 e. The number of carbonyl (C=O) groups excluding carboxylic acids is 2. The fourth-order valence-corrected chi connectivity index (χ4v) is 15.5. The average molecular weight is 887 g/mol. The number of esters is 1. The van der Waals surface area contributed by atoms with Gasteiger partial charge in [-0.3, -0.25) is 14.6 Å². The topological polar surface area (TPSA) is 147 Å². The highest BCUT2D eigenvalue weighted by molar-refractivity contribution is 8.77. The number of hydrogen-bond acceptors (Lipinski definition) is 11. The van der Waals surface area contributed by atoms with E-state index < -0.39 is 12.2 Å². The smallest absolute Gasteiger partial charge is 0.302 e. The van der Waals surface area contributed by atoms with E-state index in [9.17, 15) is 19.8 Å². The van der Waals surface area contributed by atoms with Gasteiger partial charge in [0, 0.05) is 73.0 Å². The monoisotopic (exact) mass is 886 g/mol. The molecule has 3 aliphatic carbocycles. The summed E-state index contributed by atoms with van der Waals surface area (Å²) in [7, 11) is 3.97. The number of rotatable bonds is 3. The zero-order valence-electron chi connectivity index (χ0n) is 36.9. The van der Waals surface area contributed by atoms with Gasteiger partial charge in [0.25, 0.3) is 0 Å². The Hall–Kier alpha value is -3.35. The molecule has 8 rings (SSSR count). The third-order valence-electron chi connectivity index (χ3n) is 15.1. The van der Waals surface area contributed by atoms with E-state index in [0.29, 0.717) is 68.9 Å². The summed E-state index contributed by atoms with van der Waals surface area (Å²) in [6, 6.07) is 12.5. The summed E-state index contributed by atoms with van der Waals surface area (Å²) in [4.78, 5) is 33.4. The van der Waals surface area contributed by atoms with Crippen molar-refractivity contribution < 1.29 is 29.3 Å². The average Bonchev–Trinajstić information content (AvgIpc) is 4.02. The van der Waals surface area contributed by atoms with Gasteiger partial charge < -0.3 is 35.6 Å². The molecule has 3 heterocycles. The lowest BCUT2D eigenvalue weighted by Crippen LogP contribution is -2.55. The second-order valence-corrected chi connectivity index (χ2v) is 22.3. The molecule has 0 aromatic heterocycles. The lowest BCUT2D eigenvalue weighted by Gasteiger charge is -2.44. The van der Waals surface area contributed by atoms with Gasteiger partial charge in [-0.2, -0.15) is 0 Å². The van der Waals surface area contributed by atoms with Gasteiger partial charge in [-0.1, -0.05) is 96.2 Å². The van der Waals surface area contributed by atoms with Crippen LogP contribution < -0.4 is 15.8 Å². The lowest BCUT2D eigenvalue weighted by atomic mass is 9.78. The van der Waals surface area contributed by atoms with Gasteiger partial charge in [0.2, 0.25) is 5.91 Å². The summed E-state index contributed by atoms with van der Waals surface area (Å²) >= 11 is 0. The highest BCUT2D eigenvalue weighted by Gasteiger charge is 2.57. The molecule has 62 heavy (non-hydrogen) atoms. The summed E-state index contributed by atoms with van der Waals surface area (Å²) in [5.74, 6) is 2.13. The number of aliphatic hydroxyl groups excluding tert-OH is 1. The Bertz CT molecular complexity index is 1930. The molecular formula is C50H70N4O6S2. The highest BCUT2D eigenvalue weighted by atomic mass is 33.1. The number of guanidine groups is 1. The summed E-state index contributed by atoms with van der Waals surface area (Å²) in [5, 5.41) is 27.1. The van der Waals surface area contributed by atoms with Crippen LogP contribution in [0.1, 0.15) is 151 Å². The van der Waals surface area contributed by atoms with Crippen LogP contribution in [-0.4, -0.2) is 75.0 Å². The van der Waals surface area contributed by atoms with Crippen molar-refractivity contribution in [1.29, 1.82) is 0 Å². The first kappa shape index (κ1) is 45.2. The molecule has 338 valence electrons. The number of nitrogens with two attached hydrogens (primary N) is 1. The molecule has 0 radical (unpaired) electrons. The molecule has 6 unspecified atom stereocenters. The van der Waals surface area contributed by atoms with Gasteiger partial charge in [0.15, 0.2) is 17.5 Å². The van der Waals surface area contributed by atoms with Crippen molar-refractivity contribution >= 4 is 45.5 Å². The van der Waals surface area contributed by atoms with Crippen LogP contribution in [0, 0.1) is 16.7 Å². The molecule has 1 amide bonds. The Balaban J connectivity index is 1.10. The summed E-state index contributed by atoms with van der Waals surface area (Å²) < 4.78 is 12.5. The van der Waals surface area contributed by atoms with Crippen molar-refractivity contribution in [2.75, 3.05) is 18.8 Å². The van der Waals surface area contributed by atoms with Gasteiger partial charge in [-0.15, -0.1) is 0 Å². The van der Waals surface area contributed by atoms with E-state index in [1.54, 1.807) is 0 Å². The molecule has 2 aromatic rings. The second-order valence-electron chi connectivity index (χ2n) is 19.6. The van der Waals surface area contributed by atoms with Gasteiger partial charge in [0.05, 0.1) is 6.10 Å². The third-order valence-corrected chi connectivity index (χ3v) is 18.4. The summed E-state index contributed by atoms with van der Waals surface area (Å²) in [5.41, 5.74) is 10.4. The number of nitrogens with zero attached hydrogens (tertiary/aromatic N) is 2. The molecule has 6 aliphatic rings. The minimum atomic E-state index is -0.571. The Morgan fingerprint density at radius 2 is 1.79 bits per heavy atom. The van der Waals surface area contributed by atoms with E-state index in [4.69, 9.17) is 20.2 Å². The van der Waals surface area contributed by atoms with Gasteiger partial charge in [0.1, 0.15) is 17.1 Å². The number of aryl methyl sites for hydroxylation is 1.